The van der Waals surface area contributed by atoms with Gasteiger partial charge in [0.1, 0.15) is 0 Å². The first-order valence-corrected chi connectivity index (χ1v) is 6.44. The van der Waals surface area contributed by atoms with E-state index in [0.717, 1.165) is 18.0 Å². The van der Waals surface area contributed by atoms with Crippen LogP contribution in [0.2, 0.25) is 0 Å². The Morgan fingerprint density at radius 2 is 2.62 bits per heavy atom. The zero-order valence-electron chi connectivity index (χ0n) is 9.48. The van der Waals surface area contributed by atoms with Crippen LogP contribution >= 0.6 is 11.3 Å². The molecular formula is C11H18N2O2S. The summed E-state index contributed by atoms with van der Waals surface area (Å²) in [5, 5.41) is 13.7. The van der Waals surface area contributed by atoms with Gasteiger partial charge in [-0.25, -0.2) is 0 Å². The van der Waals surface area contributed by atoms with Gasteiger partial charge in [0, 0.05) is 30.1 Å². The van der Waals surface area contributed by atoms with Crippen LogP contribution in [0.25, 0.3) is 0 Å². The number of hydrogen-bond donors (Lipinski definition) is 2. The van der Waals surface area contributed by atoms with Crippen LogP contribution in [0.3, 0.4) is 0 Å². The second-order valence-corrected chi connectivity index (χ2v) is 5.54. The fraction of sp³-hybridized carbons (Fsp3) is 0.727. The summed E-state index contributed by atoms with van der Waals surface area (Å²) in [6.45, 7) is 4.22. The third-order valence-electron chi connectivity index (χ3n) is 2.72. The molecule has 0 amide bonds. The number of rotatable bonds is 4. The second-order valence-electron chi connectivity index (χ2n) is 4.57. The van der Waals surface area contributed by atoms with E-state index in [1.54, 1.807) is 16.8 Å². The number of morpholine rings is 1. The van der Waals surface area contributed by atoms with Gasteiger partial charge in [-0.3, -0.25) is 4.98 Å². The maximum absolute atomic E-state index is 10.3. The Morgan fingerprint density at radius 1 is 1.75 bits per heavy atom. The third kappa shape index (κ3) is 3.52. The van der Waals surface area contributed by atoms with E-state index in [1.165, 1.54) is 0 Å². The molecule has 1 aliphatic heterocycles. The van der Waals surface area contributed by atoms with Gasteiger partial charge in [-0.05, 0) is 13.3 Å². The molecule has 2 N–H and O–H groups in total. The van der Waals surface area contributed by atoms with Crippen LogP contribution in [0, 0.1) is 0 Å². The first kappa shape index (κ1) is 12.0. The predicted molar refractivity (Wildman–Crippen MR) is 63.7 cm³/mol. The molecule has 0 radical (unpaired) electrons. The number of aromatic nitrogens is 1. The molecule has 0 bridgehead atoms. The quantitative estimate of drug-likeness (QED) is 0.820. The highest BCUT2D eigenvalue weighted by atomic mass is 32.1. The van der Waals surface area contributed by atoms with Crippen LogP contribution in [-0.4, -0.2) is 41.5 Å². The van der Waals surface area contributed by atoms with Crippen LogP contribution in [-0.2, 0) is 11.2 Å². The van der Waals surface area contributed by atoms with Gasteiger partial charge < -0.3 is 15.2 Å². The van der Waals surface area contributed by atoms with E-state index < -0.39 is 5.60 Å². The van der Waals surface area contributed by atoms with E-state index in [1.807, 2.05) is 13.1 Å². The lowest BCUT2D eigenvalue weighted by Gasteiger charge is -2.31. The molecule has 16 heavy (non-hydrogen) atoms. The SMILES string of the molecule is CC(O)(Cc1cncs1)CC1COCCN1. The molecular weight excluding hydrogens is 224 g/mol. The fourth-order valence-corrected chi connectivity index (χ4v) is 2.83. The summed E-state index contributed by atoms with van der Waals surface area (Å²) in [5.74, 6) is 0. The van der Waals surface area contributed by atoms with Crippen molar-refractivity contribution in [1.82, 2.24) is 10.3 Å². The largest absolute Gasteiger partial charge is 0.390 e. The lowest BCUT2D eigenvalue weighted by molar-refractivity contribution is 0.00694. The van der Waals surface area contributed by atoms with Crippen LogP contribution in [0.4, 0.5) is 0 Å². The molecule has 1 fully saturated rings. The molecule has 2 heterocycles. The van der Waals surface area contributed by atoms with Crippen molar-refractivity contribution in [1.29, 1.82) is 0 Å². The highest BCUT2D eigenvalue weighted by Crippen LogP contribution is 2.21. The van der Waals surface area contributed by atoms with Gasteiger partial charge in [0.05, 0.1) is 24.3 Å². The molecule has 0 saturated carbocycles. The average Bonchev–Trinajstić information content (AvgIpc) is 2.70. The van der Waals surface area contributed by atoms with Crippen LogP contribution in [0.15, 0.2) is 11.7 Å². The minimum atomic E-state index is -0.690. The van der Waals surface area contributed by atoms with Gasteiger partial charge in [0.15, 0.2) is 0 Å². The van der Waals surface area contributed by atoms with Gasteiger partial charge in [0.2, 0.25) is 0 Å². The van der Waals surface area contributed by atoms with E-state index in [9.17, 15) is 5.11 Å². The summed E-state index contributed by atoms with van der Waals surface area (Å²) in [6, 6.07) is 0.261. The zero-order chi connectivity index (χ0) is 11.4. The Kier molecular flexibility index (Phi) is 3.91. The van der Waals surface area contributed by atoms with Crippen LogP contribution in [0.5, 0.6) is 0 Å². The van der Waals surface area contributed by atoms with Crippen molar-refractivity contribution in [3.05, 3.63) is 16.6 Å². The standard InChI is InChI=1S/C11H18N2O2S/c1-11(14,5-10-6-12-8-16-10)4-9-7-15-3-2-13-9/h6,8-9,13-14H,2-5,7H2,1H3. The fourth-order valence-electron chi connectivity index (χ4n) is 2.06. The third-order valence-corrected chi connectivity index (χ3v) is 3.50. The summed E-state index contributed by atoms with van der Waals surface area (Å²) >= 11 is 1.59. The zero-order valence-corrected chi connectivity index (χ0v) is 10.3. The number of hydrogen-bond acceptors (Lipinski definition) is 5. The van der Waals surface area contributed by atoms with E-state index >= 15 is 0 Å². The van der Waals surface area contributed by atoms with Crippen molar-refractivity contribution in [2.24, 2.45) is 0 Å². The molecule has 2 unspecified atom stereocenters. The minimum absolute atomic E-state index is 0.261. The Morgan fingerprint density at radius 3 is 3.25 bits per heavy atom. The Labute approximate surface area is 99.7 Å². The molecule has 1 aliphatic rings. The van der Waals surface area contributed by atoms with Gasteiger partial charge >= 0.3 is 0 Å². The number of thiazole rings is 1. The lowest BCUT2D eigenvalue weighted by Crippen LogP contribution is -2.46. The Bertz CT molecular complexity index is 308. The summed E-state index contributed by atoms with van der Waals surface area (Å²) < 4.78 is 5.38. The number of nitrogens with zero attached hydrogens (tertiary/aromatic N) is 1. The topological polar surface area (TPSA) is 54.4 Å². The van der Waals surface area contributed by atoms with Crippen molar-refractivity contribution < 1.29 is 9.84 Å². The van der Waals surface area contributed by atoms with E-state index in [4.69, 9.17) is 4.74 Å². The molecule has 0 spiro atoms. The van der Waals surface area contributed by atoms with Crippen LogP contribution < -0.4 is 5.32 Å². The maximum Gasteiger partial charge on any atom is 0.0794 e. The molecule has 2 atom stereocenters. The second kappa shape index (κ2) is 5.23. The molecule has 0 aromatic carbocycles. The first-order valence-electron chi connectivity index (χ1n) is 5.57. The molecule has 90 valence electrons. The molecule has 4 nitrogen and oxygen atoms in total. The molecule has 1 aromatic rings. The normalized spacial score (nSPS) is 25.2. The smallest absolute Gasteiger partial charge is 0.0794 e. The van der Waals surface area contributed by atoms with Gasteiger partial charge in [-0.2, -0.15) is 0 Å². The van der Waals surface area contributed by atoms with Crippen LogP contribution in [0.1, 0.15) is 18.2 Å². The summed E-state index contributed by atoms with van der Waals surface area (Å²) in [5.41, 5.74) is 1.11. The first-order chi connectivity index (χ1) is 7.66. The lowest BCUT2D eigenvalue weighted by atomic mass is 9.93. The van der Waals surface area contributed by atoms with Crippen molar-refractivity contribution >= 4 is 11.3 Å². The van der Waals surface area contributed by atoms with Crippen molar-refractivity contribution in [2.45, 2.75) is 31.4 Å². The summed E-state index contributed by atoms with van der Waals surface area (Å²) in [7, 11) is 0. The van der Waals surface area contributed by atoms with Gasteiger partial charge in [-0.1, -0.05) is 0 Å². The molecule has 5 heteroatoms. The van der Waals surface area contributed by atoms with Gasteiger partial charge in [-0.15, -0.1) is 11.3 Å². The number of aliphatic hydroxyl groups is 1. The Balaban J connectivity index is 1.86. The highest BCUT2D eigenvalue weighted by Gasteiger charge is 2.27. The minimum Gasteiger partial charge on any atom is -0.390 e. The van der Waals surface area contributed by atoms with Crippen molar-refractivity contribution in [3.63, 3.8) is 0 Å². The van der Waals surface area contributed by atoms with E-state index in [2.05, 4.69) is 10.3 Å². The molecule has 1 saturated heterocycles. The Hall–Kier alpha value is -0.490. The van der Waals surface area contributed by atoms with Crippen molar-refractivity contribution in [3.8, 4) is 0 Å². The van der Waals surface area contributed by atoms with Crippen molar-refractivity contribution in [2.75, 3.05) is 19.8 Å². The molecule has 2 rings (SSSR count). The number of ether oxygens (including phenoxy) is 1. The molecule has 1 aromatic heterocycles. The summed E-state index contributed by atoms with van der Waals surface area (Å²) in [4.78, 5) is 5.15. The number of nitrogens with one attached hydrogen (secondary N) is 1. The van der Waals surface area contributed by atoms with E-state index in [-0.39, 0.29) is 6.04 Å². The summed E-state index contributed by atoms with van der Waals surface area (Å²) in [6.07, 6.45) is 3.20. The average molecular weight is 242 g/mol. The highest BCUT2D eigenvalue weighted by molar-refractivity contribution is 7.09. The maximum atomic E-state index is 10.3. The van der Waals surface area contributed by atoms with Gasteiger partial charge in [0.25, 0.3) is 0 Å². The monoisotopic (exact) mass is 242 g/mol. The molecule has 0 aliphatic carbocycles. The van der Waals surface area contributed by atoms with E-state index in [0.29, 0.717) is 19.4 Å². The predicted octanol–water partition coefficient (Wildman–Crippen LogP) is 0.815.